The molecule has 0 radical (unpaired) electrons. The molecular formula is C15H26N2O3. The van der Waals surface area contributed by atoms with E-state index in [4.69, 9.17) is 4.74 Å². The standard InChI is InChI=1S/C15H26N2O3/c1-15(2,3)20-14(19)17-10-7-12(11-17)13(18)16-8-5-4-6-9-16/h12H,4-11H2,1-3H3/t12-/m0/s1. The highest BCUT2D eigenvalue weighted by molar-refractivity contribution is 5.80. The second-order valence-electron chi connectivity index (χ2n) is 6.80. The Balaban J connectivity index is 1.85. The summed E-state index contributed by atoms with van der Waals surface area (Å²) in [4.78, 5) is 28.0. The van der Waals surface area contributed by atoms with Crippen molar-refractivity contribution in [3.05, 3.63) is 0 Å². The zero-order valence-electron chi connectivity index (χ0n) is 12.9. The number of amides is 2. The molecule has 2 aliphatic rings. The summed E-state index contributed by atoms with van der Waals surface area (Å²) in [6.45, 7) is 8.46. The summed E-state index contributed by atoms with van der Waals surface area (Å²) in [6, 6.07) is 0. The van der Waals surface area contributed by atoms with Crippen LogP contribution in [0.2, 0.25) is 0 Å². The van der Waals surface area contributed by atoms with E-state index in [1.165, 1.54) is 6.42 Å². The highest BCUT2D eigenvalue weighted by Gasteiger charge is 2.35. The van der Waals surface area contributed by atoms with Gasteiger partial charge in [-0.25, -0.2) is 4.79 Å². The maximum atomic E-state index is 12.4. The van der Waals surface area contributed by atoms with Crippen molar-refractivity contribution in [1.29, 1.82) is 0 Å². The molecule has 1 atom stereocenters. The Labute approximate surface area is 121 Å². The second-order valence-corrected chi connectivity index (χ2v) is 6.80. The van der Waals surface area contributed by atoms with Gasteiger partial charge in [-0.3, -0.25) is 4.79 Å². The fourth-order valence-electron chi connectivity index (χ4n) is 2.83. The van der Waals surface area contributed by atoms with Crippen molar-refractivity contribution in [3.63, 3.8) is 0 Å². The molecule has 2 aliphatic heterocycles. The number of nitrogens with zero attached hydrogens (tertiary/aromatic N) is 2. The van der Waals surface area contributed by atoms with Crippen LogP contribution >= 0.6 is 0 Å². The number of ether oxygens (including phenoxy) is 1. The molecule has 0 aliphatic carbocycles. The van der Waals surface area contributed by atoms with Crippen molar-refractivity contribution >= 4 is 12.0 Å². The fraction of sp³-hybridized carbons (Fsp3) is 0.867. The van der Waals surface area contributed by atoms with Gasteiger partial charge in [0.05, 0.1) is 5.92 Å². The highest BCUT2D eigenvalue weighted by atomic mass is 16.6. The Morgan fingerprint density at radius 1 is 1.00 bits per heavy atom. The molecule has 0 unspecified atom stereocenters. The van der Waals surface area contributed by atoms with E-state index in [2.05, 4.69) is 0 Å². The van der Waals surface area contributed by atoms with Gasteiger partial charge in [-0.2, -0.15) is 0 Å². The summed E-state index contributed by atoms with van der Waals surface area (Å²) in [5, 5.41) is 0. The lowest BCUT2D eigenvalue weighted by atomic mass is 10.0. The van der Waals surface area contributed by atoms with Crippen LogP contribution in [-0.4, -0.2) is 53.6 Å². The van der Waals surface area contributed by atoms with Crippen molar-refractivity contribution in [3.8, 4) is 0 Å². The average Bonchev–Trinajstić information content (AvgIpc) is 2.86. The summed E-state index contributed by atoms with van der Waals surface area (Å²) >= 11 is 0. The van der Waals surface area contributed by atoms with Gasteiger partial charge in [0.15, 0.2) is 0 Å². The SMILES string of the molecule is CC(C)(C)OC(=O)N1CC[C@H](C(=O)N2CCCCC2)C1. The molecule has 2 amide bonds. The zero-order valence-corrected chi connectivity index (χ0v) is 12.9. The van der Waals surface area contributed by atoms with Gasteiger partial charge in [-0.15, -0.1) is 0 Å². The molecule has 0 aromatic rings. The minimum atomic E-state index is -0.480. The summed E-state index contributed by atoms with van der Waals surface area (Å²) in [7, 11) is 0. The van der Waals surface area contributed by atoms with Gasteiger partial charge in [-0.1, -0.05) is 0 Å². The van der Waals surface area contributed by atoms with E-state index < -0.39 is 5.60 Å². The van der Waals surface area contributed by atoms with E-state index in [1.54, 1.807) is 4.90 Å². The first-order valence-corrected chi connectivity index (χ1v) is 7.63. The predicted octanol–water partition coefficient (Wildman–Crippen LogP) is 2.26. The quantitative estimate of drug-likeness (QED) is 0.741. The van der Waals surface area contributed by atoms with Gasteiger partial charge in [-0.05, 0) is 46.5 Å². The average molecular weight is 282 g/mol. The van der Waals surface area contributed by atoms with Crippen LogP contribution in [0, 0.1) is 5.92 Å². The van der Waals surface area contributed by atoms with Gasteiger partial charge in [0.1, 0.15) is 5.60 Å². The van der Waals surface area contributed by atoms with Gasteiger partial charge < -0.3 is 14.5 Å². The summed E-state index contributed by atoms with van der Waals surface area (Å²) < 4.78 is 5.36. The largest absolute Gasteiger partial charge is 0.444 e. The van der Waals surface area contributed by atoms with E-state index in [0.29, 0.717) is 13.1 Å². The van der Waals surface area contributed by atoms with Crippen LogP contribution in [-0.2, 0) is 9.53 Å². The molecule has 2 saturated heterocycles. The number of likely N-dealkylation sites (tertiary alicyclic amines) is 2. The van der Waals surface area contributed by atoms with Gasteiger partial charge in [0.2, 0.25) is 5.91 Å². The van der Waals surface area contributed by atoms with E-state index >= 15 is 0 Å². The van der Waals surface area contributed by atoms with Crippen molar-refractivity contribution in [2.75, 3.05) is 26.2 Å². The third-order valence-corrected chi connectivity index (χ3v) is 3.86. The molecule has 20 heavy (non-hydrogen) atoms. The van der Waals surface area contributed by atoms with Gasteiger partial charge in [0.25, 0.3) is 0 Å². The van der Waals surface area contributed by atoms with Crippen LogP contribution in [0.25, 0.3) is 0 Å². The molecule has 0 bridgehead atoms. The minimum absolute atomic E-state index is 0.0411. The molecule has 2 fully saturated rings. The Hall–Kier alpha value is -1.26. The molecular weight excluding hydrogens is 256 g/mol. The monoisotopic (exact) mass is 282 g/mol. The Morgan fingerprint density at radius 2 is 1.65 bits per heavy atom. The van der Waals surface area contributed by atoms with Crippen molar-refractivity contribution < 1.29 is 14.3 Å². The zero-order chi connectivity index (χ0) is 14.8. The predicted molar refractivity (Wildman–Crippen MR) is 76.3 cm³/mol. The van der Waals surface area contributed by atoms with Crippen LogP contribution in [0.3, 0.4) is 0 Å². The van der Waals surface area contributed by atoms with Crippen LogP contribution < -0.4 is 0 Å². The second kappa shape index (κ2) is 6.02. The number of carbonyl (C=O) groups is 2. The summed E-state index contributed by atoms with van der Waals surface area (Å²) in [5.74, 6) is 0.177. The van der Waals surface area contributed by atoms with E-state index in [-0.39, 0.29) is 17.9 Å². The molecule has 5 nitrogen and oxygen atoms in total. The molecule has 114 valence electrons. The number of rotatable bonds is 1. The van der Waals surface area contributed by atoms with Crippen LogP contribution in [0.1, 0.15) is 46.5 Å². The molecule has 0 saturated carbocycles. The topological polar surface area (TPSA) is 49.9 Å². The molecule has 0 aromatic heterocycles. The molecule has 0 N–H and O–H groups in total. The fourth-order valence-corrected chi connectivity index (χ4v) is 2.83. The number of hydrogen-bond donors (Lipinski definition) is 0. The maximum Gasteiger partial charge on any atom is 0.410 e. The first-order valence-electron chi connectivity index (χ1n) is 7.63. The smallest absolute Gasteiger partial charge is 0.410 e. The molecule has 0 spiro atoms. The first kappa shape index (κ1) is 15.1. The van der Waals surface area contributed by atoms with Crippen LogP contribution in [0.5, 0.6) is 0 Å². The number of piperidine rings is 1. The number of hydrogen-bond acceptors (Lipinski definition) is 3. The van der Waals surface area contributed by atoms with Gasteiger partial charge >= 0.3 is 6.09 Å². The van der Waals surface area contributed by atoms with Crippen LogP contribution in [0.15, 0.2) is 0 Å². The van der Waals surface area contributed by atoms with Gasteiger partial charge in [0, 0.05) is 26.2 Å². The summed E-state index contributed by atoms with van der Waals surface area (Å²) in [6.07, 6.45) is 3.89. The Kier molecular flexibility index (Phi) is 4.55. The van der Waals surface area contributed by atoms with Crippen molar-refractivity contribution in [2.45, 2.75) is 52.1 Å². The Morgan fingerprint density at radius 3 is 2.25 bits per heavy atom. The van der Waals surface area contributed by atoms with E-state index in [9.17, 15) is 9.59 Å². The maximum absolute atomic E-state index is 12.4. The lowest BCUT2D eigenvalue weighted by molar-refractivity contribution is -0.135. The molecule has 2 heterocycles. The minimum Gasteiger partial charge on any atom is -0.444 e. The number of carbonyl (C=O) groups excluding carboxylic acids is 2. The van der Waals surface area contributed by atoms with E-state index in [1.807, 2.05) is 25.7 Å². The Bertz CT molecular complexity index is 370. The lowest BCUT2D eigenvalue weighted by Crippen LogP contribution is -2.41. The summed E-state index contributed by atoms with van der Waals surface area (Å²) in [5.41, 5.74) is -0.480. The van der Waals surface area contributed by atoms with E-state index in [0.717, 1.165) is 32.4 Å². The van der Waals surface area contributed by atoms with Crippen LogP contribution in [0.4, 0.5) is 4.79 Å². The lowest BCUT2D eigenvalue weighted by Gasteiger charge is -2.29. The normalized spacial score (nSPS) is 23.9. The molecule has 2 rings (SSSR count). The molecule has 5 heteroatoms. The third-order valence-electron chi connectivity index (χ3n) is 3.86. The highest BCUT2D eigenvalue weighted by Crippen LogP contribution is 2.22. The third kappa shape index (κ3) is 3.87. The first-order chi connectivity index (χ1) is 9.37. The molecule has 0 aromatic carbocycles. The van der Waals surface area contributed by atoms with Crippen molar-refractivity contribution in [1.82, 2.24) is 9.80 Å². The van der Waals surface area contributed by atoms with Crippen molar-refractivity contribution in [2.24, 2.45) is 5.92 Å².